The monoisotopic (exact) mass is 818 g/mol. The second-order valence-corrected chi connectivity index (χ2v) is 16.8. The second kappa shape index (κ2) is 15.6. The number of benzene rings is 1. The van der Waals surface area contributed by atoms with Crippen LogP contribution < -0.4 is 21.2 Å². The van der Waals surface area contributed by atoms with E-state index in [4.69, 9.17) is 9.72 Å². The van der Waals surface area contributed by atoms with Crippen molar-refractivity contribution in [3.8, 4) is 11.8 Å². The summed E-state index contributed by atoms with van der Waals surface area (Å²) in [7, 11) is 1.69. The third-order valence-electron chi connectivity index (χ3n) is 13.1. The van der Waals surface area contributed by atoms with Crippen LogP contribution in [0.2, 0.25) is 0 Å². The molecular weight excluding hydrogens is 772 g/mol. The Morgan fingerprint density at radius 2 is 1.85 bits per heavy atom. The smallest absolute Gasteiger partial charge is 0.329 e. The molecular formula is C42H47FN12O5. The SMILES string of the molecule is Cn1c(=O)n(C2CCC(=O)NC2=O)c2cccc(C#CCN3CCN(CC4CCC(n5cc(NC(=O)c6cnn7ccc(N8C[C@H]9C[C@@H]8CO9)nc67)c(F)n5)CC4)CC3)c21. The van der Waals surface area contributed by atoms with Crippen molar-refractivity contribution in [2.24, 2.45) is 13.0 Å². The number of carbonyl (C=O) groups excluding carboxylic acids is 3. The number of hydrogen-bond donors (Lipinski definition) is 2. The fourth-order valence-electron chi connectivity index (χ4n) is 9.79. The summed E-state index contributed by atoms with van der Waals surface area (Å²) in [5, 5.41) is 13.5. The van der Waals surface area contributed by atoms with E-state index in [0.29, 0.717) is 35.8 Å². The van der Waals surface area contributed by atoms with Gasteiger partial charge in [0.25, 0.3) is 11.9 Å². The van der Waals surface area contributed by atoms with Gasteiger partial charge in [-0.15, -0.1) is 5.10 Å². The van der Waals surface area contributed by atoms with Crippen LogP contribution in [0.25, 0.3) is 16.7 Å². The summed E-state index contributed by atoms with van der Waals surface area (Å²) in [5.74, 6) is 5.94. The zero-order valence-corrected chi connectivity index (χ0v) is 33.4. The van der Waals surface area contributed by atoms with Gasteiger partial charge in [0.2, 0.25) is 11.8 Å². The Kier molecular flexibility index (Phi) is 9.97. The summed E-state index contributed by atoms with van der Waals surface area (Å²) in [6.45, 7) is 6.77. The highest BCUT2D eigenvalue weighted by atomic mass is 19.1. The van der Waals surface area contributed by atoms with Crippen molar-refractivity contribution in [1.29, 1.82) is 0 Å². The molecule has 18 heteroatoms. The highest BCUT2D eigenvalue weighted by molar-refractivity contribution is 6.08. The van der Waals surface area contributed by atoms with Gasteiger partial charge in [0.1, 0.15) is 23.1 Å². The lowest BCUT2D eigenvalue weighted by atomic mass is 9.85. The molecule has 5 fully saturated rings. The Morgan fingerprint density at radius 1 is 1.03 bits per heavy atom. The van der Waals surface area contributed by atoms with E-state index in [2.05, 4.69) is 47.4 Å². The molecule has 17 nitrogen and oxygen atoms in total. The zero-order chi connectivity index (χ0) is 41.1. The summed E-state index contributed by atoms with van der Waals surface area (Å²) in [6.07, 6.45) is 10.3. The summed E-state index contributed by atoms with van der Waals surface area (Å²) < 4.78 is 27.1. The standard InChI is InChI=1S/C42H47FN12O5/c1-49-37-27(4-2-6-33(37)55(42(49)59)34-11-12-36(56)47-41(34)58)5-3-14-50-16-18-51(19-17-50)22-26-7-9-28(10-8-26)54-24-32(38(43)48-54)45-40(57)31-21-44-53-15-13-35(46-39(31)53)52-23-30-20-29(52)25-60-30/h2,4,6,13,15,21,24,26,28-30,34H,7-12,14,16-20,22-23,25H2,1H3,(H,45,57)(H,47,56,58)/t26?,28?,29-,30-,34?/m1/s1. The molecule has 2 N–H and O–H groups in total. The van der Waals surface area contributed by atoms with Crippen LogP contribution in [0, 0.1) is 23.7 Å². The first-order valence-electron chi connectivity index (χ1n) is 20.9. The minimum Gasteiger partial charge on any atom is -0.374 e. The molecule has 3 atom stereocenters. The number of ether oxygens (including phenoxy) is 1. The molecule has 0 radical (unpaired) electrons. The fraction of sp³-hybridized carbons (Fsp3) is 0.500. The number of fused-ring (bicyclic) bond motifs is 4. The average molecular weight is 819 g/mol. The molecule has 5 aromatic rings. The number of rotatable bonds is 8. The Morgan fingerprint density at radius 3 is 2.62 bits per heavy atom. The zero-order valence-electron chi connectivity index (χ0n) is 33.4. The number of hydrogen-bond acceptors (Lipinski definition) is 11. The van der Waals surface area contributed by atoms with Gasteiger partial charge in [-0.3, -0.25) is 38.4 Å². The molecule has 4 saturated heterocycles. The molecule has 4 aromatic heterocycles. The van der Waals surface area contributed by atoms with Crippen LogP contribution in [0.1, 0.15) is 73.0 Å². The molecule has 2 bridgehead atoms. The van der Waals surface area contributed by atoms with Gasteiger partial charge in [-0.05, 0) is 62.6 Å². The Bertz CT molecular complexity index is 2620. The van der Waals surface area contributed by atoms with E-state index >= 15 is 4.39 Å². The Hall–Kier alpha value is -5.90. The summed E-state index contributed by atoms with van der Waals surface area (Å²) in [5.41, 5.74) is 2.44. The van der Waals surface area contributed by atoms with Gasteiger partial charge in [-0.2, -0.15) is 9.49 Å². The van der Waals surface area contributed by atoms with Gasteiger partial charge in [-0.1, -0.05) is 17.9 Å². The van der Waals surface area contributed by atoms with Crippen molar-refractivity contribution in [3.63, 3.8) is 0 Å². The van der Waals surface area contributed by atoms with E-state index in [-0.39, 0.29) is 53.9 Å². The molecule has 8 heterocycles. The predicted molar refractivity (Wildman–Crippen MR) is 218 cm³/mol. The van der Waals surface area contributed by atoms with E-state index in [1.54, 1.807) is 28.6 Å². The van der Waals surface area contributed by atoms with Crippen LogP contribution in [-0.2, 0) is 21.4 Å². The molecule has 1 unspecified atom stereocenters. The third-order valence-corrected chi connectivity index (χ3v) is 13.1. The quantitative estimate of drug-likeness (QED) is 0.174. The maximum Gasteiger partial charge on any atom is 0.329 e. The first kappa shape index (κ1) is 38.3. The molecule has 312 valence electrons. The molecule has 60 heavy (non-hydrogen) atoms. The van der Waals surface area contributed by atoms with Crippen LogP contribution in [0.4, 0.5) is 15.9 Å². The molecule has 0 spiro atoms. The van der Waals surface area contributed by atoms with E-state index in [1.165, 1.54) is 15.3 Å². The maximum atomic E-state index is 15.1. The van der Waals surface area contributed by atoms with Crippen molar-refractivity contribution >= 4 is 45.9 Å². The van der Waals surface area contributed by atoms with Crippen LogP contribution in [0.5, 0.6) is 0 Å². The van der Waals surface area contributed by atoms with Crippen LogP contribution >= 0.6 is 0 Å². The lowest BCUT2D eigenvalue weighted by Gasteiger charge is -2.37. The molecule has 1 saturated carbocycles. The summed E-state index contributed by atoms with van der Waals surface area (Å²) in [4.78, 5) is 62.8. The number of para-hydroxylation sites is 1. The number of piperidine rings is 1. The first-order chi connectivity index (χ1) is 29.2. The number of anilines is 2. The lowest BCUT2D eigenvalue weighted by Crippen LogP contribution is -2.48. The fourth-order valence-corrected chi connectivity index (χ4v) is 9.79. The van der Waals surface area contributed by atoms with Gasteiger partial charge in [0, 0.05) is 58.9 Å². The van der Waals surface area contributed by atoms with Gasteiger partial charge >= 0.3 is 5.69 Å². The summed E-state index contributed by atoms with van der Waals surface area (Å²) in [6, 6.07) is 7.05. The highest BCUT2D eigenvalue weighted by Gasteiger charge is 2.40. The number of carbonyl (C=O) groups is 3. The number of halogens is 1. The second-order valence-electron chi connectivity index (χ2n) is 16.8. The van der Waals surface area contributed by atoms with E-state index in [1.807, 2.05) is 24.3 Å². The summed E-state index contributed by atoms with van der Waals surface area (Å²) >= 11 is 0. The Labute approximate surface area is 344 Å². The number of morpholine rings is 1. The normalized spacial score (nSPS) is 24.9. The van der Waals surface area contributed by atoms with Gasteiger partial charge < -0.3 is 19.9 Å². The van der Waals surface area contributed by atoms with E-state index in [9.17, 15) is 19.2 Å². The number of aryl methyl sites for hydroxylation is 1. The molecule has 3 amide bonds. The van der Waals surface area contributed by atoms with Crippen molar-refractivity contribution < 1.29 is 23.5 Å². The predicted octanol–water partition coefficient (Wildman–Crippen LogP) is 2.33. The van der Waals surface area contributed by atoms with Crippen LogP contribution in [-0.4, -0.2) is 126 Å². The number of nitrogens with one attached hydrogen (secondary N) is 2. The van der Waals surface area contributed by atoms with Crippen molar-refractivity contribution in [1.82, 2.24) is 48.6 Å². The number of amides is 3. The minimum atomic E-state index is -0.737. The lowest BCUT2D eigenvalue weighted by molar-refractivity contribution is -0.135. The van der Waals surface area contributed by atoms with Crippen molar-refractivity contribution in [3.05, 3.63) is 70.4 Å². The number of piperazine rings is 1. The van der Waals surface area contributed by atoms with Crippen molar-refractivity contribution in [2.45, 2.75) is 69.2 Å². The van der Waals surface area contributed by atoms with Gasteiger partial charge in [0.05, 0.1) is 60.3 Å². The first-order valence-corrected chi connectivity index (χ1v) is 20.9. The molecule has 1 aliphatic carbocycles. The van der Waals surface area contributed by atoms with E-state index < -0.39 is 23.8 Å². The average Bonchev–Trinajstić information content (AvgIpc) is 4.10. The van der Waals surface area contributed by atoms with Crippen LogP contribution in [0.15, 0.2) is 47.7 Å². The largest absolute Gasteiger partial charge is 0.374 e. The number of aromatic nitrogens is 7. The van der Waals surface area contributed by atoms with E-state index in [0.717, 1.165) is 82.8 Å². The highest BCUT2D eigenvalue weighted by Crippen LogP contribution is 2.35. The number of nitrogens with zero attached hydrogens (tertiary/aromatic N) is 10. The molecule has 10 rings (SSSR count). The minimum absolute atomic E-state index is 0.0423. The third kappa shape index (κ3) is 7.13. The number of imidazole rings is 1. The topological polar surface area (TPSA) is 169 Å². The number of imide groups is 1. The maximum absolute atomic E-state index is 15.1. The molecule has 4 aliphatic heterocycles. The molecule has 5 aliphatic rings. The molecule has 1 aromatic carbocycles. The van der Waals surface area contributed by atoms with Gasteiger partial charge in [-0.25, -0.2) is 14.3 Å². The Balaban J connectivity index is 0.701. The van der Waals surface area contributed by atoms with Gasteiger partial charge in [0.15, 0.2) is 5.65 Å². The van der Waals surface area contributed by atoms with Crippen molar-refractivity contribution in [2.75, 3.05) is 62.6 Å². The van der Waals surface area contributed by atoms with Crippen LogP contribution in [0.3, 0.4) is 0 Å².